The van der Waals surface area contributed by atoms with E-state index >= 15 is 0 Å². The third-order valence-corrected chi connectivity index (χ3v) is 5.50. The van der Waals surface area contributed by atoms with Crippen LogP contribution >= 0.6 is 0 Å². The first-order valence-corrected chi connectivity index (χ1v) is 10.5. The summed E-state index contributed by atoms with van der Waals surface area (Å²) in [6, 6.07) is 13.3. The Morgan fingerprint density at radius 1 is 1.00 bits per heavy atom. The average Bonchev–Trinajstić information content (AvgIpc) is 2.81. The first-order chi connectivity index (χ1) is 15.1. The number of likely N-dealkylation sites (tertiary alicyclic amines) is 1. The SMILES string of the molecule is CC(=O)c1ccccc1-c1ncc(C(=O)NC2CCN(Cc3ccccn3)CC2)cn1. The van der Waals surface area contributed by atoms with Crippen LogP contribution in [0.4, 0.5) is 0 Å². The van der Waals surface area contributed by atoms with Gasteiger partial charge in [-0.05, 0) is 31.9 Å². The highest BCUT2D eigenvalue weighted by atomic mass is 16.1. The molecule has 2 aromatic heterocycles. The number of aromatic nitrogens is 3. The van der Waals surface area contributed by atoms with Crippen LogP contribution in [0.2, 0.25) is 0 Å². The van der Waals surface area contributed by atoms with Crippen LogP contribution in [0.3, 0.4) is 0 Å². The Balaban J connectivity index is 1.33. The van der Waals surface area contributed by atoms with Gasteiger partial charge in [-0.2, -0.15) is 0 Å². The lowest BCUT2D eigenvalue weighted by molar-refractivity contribution is 0.0907. The van der Waals surface area contributed by atoms with Crippen molar-refractivity contribution in [3.8, 4) is 11.4 Å². The van der Waals surface area contributed by atoms with Gasteiger partial charge in [-0.3, -0.25) is 19.5 Å². The van der Waals surface area contributed by atoms with Crippen molar-refractivity contribution in [1.29, 1.82) is 0 Å². The number of amides is 1. The predicted octanol–water partition coefficient (Wildman–Crippen LogP) is 3.14. The minimum atomic E-state index is -0.172. The predicted molar refractivity (Wildman–Crippen MR) is 117 cm³/mol. The maximum atomic E-state index is 12.6. The zero-order chi connectivity index (χ0) is 21.6. The quantitative estimate of drug-likeness (QED) is 0.623. The zero-order valence-corrected chi connectivity index (χ0v) is 17.5. The topological polar surface area (TPSA) is 88.1 Å². The summed E-state index contributed by atoms with van der Waals surface area (Å²) in [6.45, 7) is 4.18. The third kappa shape index (κ3) is 5.19. The lowest BCUT2D eigenvalue weighted by atomic mass is 10.0. The smallest absolute Gasteiger partial charge is 0.254 e. The van der Waals surface area contributed by atoms with Gasteiger partial charge in [0.15, 0.2) is 11.6 Å². The largest absolute Gasteiger partial charge is 0.349 e. The van der Waals surface area contributed by atoms with Crippen molar-refractivity contribution in [2.45, 2.75) is 32.4 Å². The molecule has 0 spiro atoms. The molecule has 1 aliphatic rings. The van der Waals surface area contributed by atoms with Gasteiger partial charge < -0.3 is 5.32 Å². The minimum Gasteiger partial charge on any atom is -0.349 e. The van der Waals surface area contributed by atoms with Crippen LogP contribution < -0.4 is 5.32 Å². The molecule has 1 N–H and O–H groups in total. The molecule has 0 bridgehead atoms. The maximum absolute atomic E-state index is 12.6. The minimum absolute atomic E-state index is 0.0459. The van der Waals surface area contributed by atoms with Gasteiger partial charge in [0.2, 0.25) is 0 Å². The number of pyridine rings is 1. The summed E-state index contributed by atoms with van der Waals surface area (Å²) in [5.41, 5.74) is 2.72. The monoisotopic (exact) mass is 415 g/mol. The summed E-state index contributed by atoms with van der Waals surface area (Å²) in [4.78, 5) is 39.9. The summed E-state index contributed by atoms with van der Waals surface area (Å²) in [7, 11) is 0. The molecule has 31 heavy (non-hydrogen) atoms. The average molecular weight is 415 g/mol. The molecule has 1 amide bonds. The van der Waals surface area contributed by atoms with Crippen molar-refractivity contribution in [2.75, 3.05) is 13.1 Å². The highest BCUT2D eigenvalue weighted by Gasteiger charge is 2.22. The fraction of sp³-hybridized carbons (Fsp3) is 0.292. The summed E-state index contributed by atoms with van der Waals surface area (Å²) in [6.07, 6.45) is 6.64. The number of carbonyl (C=O) groups is 2. The fourth-order valence-corrected chi connectivity index (χ4v) is 3.79. The van der Waals surface area contributed by atoms with Crippen molar-refractivity contribution in [3.05, 3.63) is 77.9 Å². The van der Waals surface area contributed by atoms with Gasteiger partial charge >= 0.3 is 0 Å². The zero-order valence-electron chi connectivity index (χ0n) is 17.5. The number of rotatable bonds is 6. The molecular formula is C24H25N5O2. The van der Waals surface area contributed by atoms with Gasteiger partial charge in [0.1, 0.15) is 0 Å². The standard InChI is InChI=1S/C24H25N5O2/c1-17(30)21-7-2-3-8-22(21)23-26-14-18(15-27-23)24(31)28-19-9-12-29(13-10-19)16-20-6-4-5-11-25-20/h2-8,11,14-15,19H,9-10,12-13,16H2,1H3,(H,28,31). The molecule has 1 fully saturated rings. The van der Waals surface area contributed by atoms with E-state index in [4.69, 9.17) is 0 Å². The molecule has 158 valence electrons. The number of nitrogens with one attached hydrogen (secondary N) is 1. The molecule has 3 heterocycles. The van der Waals surface area contributed by atoms with Crippen molar-refractivity contribution < 1.29 is 9.59 Å². The van der Waals surface area contributed by atoms with Crippen LogP contribution in [0.15, 0.2) is 61.1 Å². The molecule has 7 heteroatoms. The number of nitrogens with zero attached hydrogens (tertiary/aromatic N) is 4. The Morgan fingerprint density at radius 2 is 1.71 bits per heavy atom. The molecule has 1 aromatic carbocycles. The van der Waals surface area contributed by atoms with E-state index in [2.05, 4.69) is 25.2 Å². The van der Waals surface area contributed by atoms with E-state index in [0.29, 0.717) is 22.5 Å². The maximum Gasteiger partial charge on any atom is 0.254 e. The Morgan fingerprint density at radius 3 is 2.39 bits per heavy atom. The van der Waals surface area contributed by atoms with Crippen LogP contribution in [0, 0.1) is 0 Å². The summed E-state index contributed by atoms with van der Waals surface area (Å²) in [5, 5.41) is 3.09. The number of piperidine rings is 1. The molecule has 3 aromatic rings. The van der Waals surface area contributed by atoms with Crippen LogP contribution in [-0.4, -0.2) is 50.7 Å². The van der Waals surface area contributed by atoms with Gasteiger partial charge in [0, 0.05) is 55.4 Å². The summed E-state index contributed by atoms with van der Waals surface area (Å²) in [5.74, 6) is 0.218. The fourth-order valence-electron chi connectivity index (χ4n) is 3.79. The first kappa shape index (κ1) is 20.8. The van der Waals surface area contributed by atoms with E-state index in [1.165, 1.54) is 19.3 Å². The second-order valence-electron chi connectivity index (χ2n) is 7.74. The van der Waals surface area contributed by atoms with Crippen molar-refractivity contribution in [2.24, 2.45) is 0 Å². The number of hydrogen-bond donors (Lipinski definition) is 1. The second kappa shape index (κ2) is 9.57. The van der Waals surface area contributed by atoms with E-state index in [0.717, 1.165) is 38.2 Å². The molecule has 0 unspecified atom stereocenters. The van der Waals surface area contributed by atoms with Crippen molar-refractivity contribution >= 4 is 11.7 Å². The van der Waals surface area contributed by atoms with Crippen LogP contribution in [0.1, 0.15) is 46.2 Å². The van der Waals surface area contributed by atoms with E-state index in [-0.39, 0.29) is 17.7 Å². The molecule has 0 saturated carbocycles. The first-order valence-electron chi connectivity index (χ1n) is 10.5. The van der Waals surface area contributed by atoms with Gasteiger partial charge in [-0.1, -0.05) is 30.3 Å². The summed E-state index contributed by atoms with van der Waals surface area (Å²) < 4.78 is 0. The van der Waals surface area contributed by atoms with Crippen LogP contribution in [0.5, 0.6) is 0 Å². The second-order valence-corrected chi connectivity index (χ2v) is 7.74. The molecule has 7 nitrogen and oxygen atoms in total. The van der Waals surface area contributed by atoms with E-state index in [1.54, 1.807) is 6.07 Å². The number of carbonyl (C=O) groups excluding carboxylic acids is 2. The van der Waals surface area contributed by atoms with E-state index in [1.807, 2.05) is 42.6 Å². The lowest BCUT2D eigenvalue weighted by Crippen LogP contribution is -2.44. The van der Waals surface area contributed by atoms with Crippen LogP contribution in [0.25, 0.3) is 11.4 Å². The Kier molecular flexibility index (Phi) is 6.43. The molecule has 0 aliphatic carbocycles. The Labute approximate surface area is 181 Å². The van der Waals surface area contributed by atoms with Crippen molar-refractivity contribution in [1.82, 2.24) is 25.2 Å². The molecule has 0 radical (unpaired) electrons. The summed E-state index contributed by atoms with van der Waals surface area (Å²) >= 11 is 0. The van der Waals surface area contributed by atoms with Gasteiger partial charge in [0.05, 0.1) is 11.3 Å². The molecule has 4 rings (SSSR count). The van der Waals surface area contributed by atoms with Crippen molar-refractivity contribution in [3.63, 3.8) is 0 Å². The van der Waals surface area contributed by atoms with E-state index in [9.17, 15) is 9.59 Å². The molecular weight excluding hydrogens is 390 g/mol. The molecule has 1 saturated heterocycles. The highest BCUT2D eigenvalue weighted by Crippen LogP contribution is 2.20. The van der Waals surface area contributed by atoms with Gasteiger partial charge in [0.25, 0.3) is 5.91 Å². The number of benzene rings is 1. The normalized spacial score (nSPS) is 14.9. The lowest BCUT2D eigenvalue weighted by Gasteiger charge is -2.32. The Bertz CT molecular complexity index is 1050. The molecule has 1 aliphatic heterocycles. The molecule has 0 atom stereocenters. The number of Topliss-reactive ketones (excluding diaryl/α,β-unsaturated/α-hetero) is 1. The Hall–Kier alpha value is -3.45. The number of hydrogen-bond acceptors (Lipinski definition) is 6. The highest BCUT2D eigenvalue weighted by molar-refractivity contribution is 6.00. The van der Waals surface area contributed by atoms with Gasteiger partial charge in [-0.15, -0.1) is 0 Å². The van der Waals surface area contributed by atoms with Gasteiger partial charge in [-0.25, -0.2) is 9.97 Å². The van der Waals surface area contributed by atoms with E-state index < -0.39 is 0 Å². The third-order valence-electron chi connectivity index (χ3n) is 5.50. The number of ketones is 1. The van der Waals surface area contributed by atoms with Crippen LogP contribution in [-0.2, 0) is 6.54 Å².